The van der Waals surface area contributed by atoms with Crippen molar-refractivity contribution < 1.29 is 33.1 Å². The number of fused-ring (bicyclic) bond motifs is 3. The van der Waals surface area contributed by atoms with Crippen LogP contribution < -0.4 is 5.46 Å². The summed E-state index contributed by atoms with van der Waals surface area (Å²) in [5.74, 6) is 0. The summed E-state index contributed by atoms with van der Waals surface area (Å²) < 4.78 is 30.4. The van der Waals surface area contributed by atoms with Gasteiger partial charge in [0, 0.05) is 19.6 Å². The Morgan fingerprint density at radius 3 is 2.26 bits per heavy atom. The first-order valence-corrected chi connectivity index (χ1v) is 15.5. The molecule has 1 aromatic carbocycles. The van der Waals surface area contributed by atoms with Crippen molar-refractivity contribution >= 4 is 24.7 Å². The van der Waals surface area contributed by atoms with Gasteiger partial charge in [0.25, 0.3) is 0 Å². The fraction of sp³-hybridized carbons (Fsp3) is 0.742. The summed E-state index contributed by atoms with van der Waals surface area (Å²) in [7, 11) is -0.540. The number of morpholine rings is 2. The van der Waals surface area contributed by atoms with Gasteiger partial charge in [-0.2, -0.15) is 0 Å². The van der Waals surface area contributed by atoms with Crippen molar-refractivity contribution in [1.29, 1.82) is 0 Å². The van der Waals surface area contributed by atoms with Crippen LogP contribution in [0.15, 0.2) is 12.1 Å². The Kier molecular flexibility index (Phi) is 7.56. The van der Waals surface area contributed by atoms with Crippen LogP contribution in [0.1, 0.15) is 84.0 Å². The lowest BCUT2D eigenvalue weighted by Gasteiger charge is -2.42. The first-order valence-electron chi connectivity index (χ1n) is 15.5. The Balaban J connectivity index is 1.36. The monoisotopic (exact) mass is 583 g/mol. The Morgan fingerprint density at radius 2 is 1.62 bits per heavy atom. The Labute approximate surface area is 250 Å². The number of hydrogen-bond acceptors (Lipinski definition) is 7. The van der Waals surface area contributed by atoms with Gasteiger partial charge in [0.2, 0.25) is 0 Å². The van der Waals surface area contributed by atoms with Gasteiger partial charge in [0.15, 0.2) is 0 Å². The Morgan fingerprint density at radius 1 is 0.952 bits per heavy atom. The minimum absolute atomic E-state index is 0.0846. The number of benzene rings is 1. The molecule has 0 aliphatic carbocycles. The molecule has 6 rings (SSSR count). The Bertz CT molecular complexity index is 1200. The van der Waals surface area contributed by atoms with Crippen LogP contribution in [-0.4, -0.2) is 102 Å². The summed E-state index contributed by atoms with van der Waals surface area (Å²) in [5.41, 5.74) is 2.52. The Hall–Kier alpha value is -2.34. The molecule has 4 fully saturated rings. The van der Waals surface area contributed by atoms with Crippen LogP contribution in [0.3, 0.4) is 0 Å². The summed E-state index contributed by atoms with van der Waals surface area (Å²) in [4.78, 5) is 33.2. The van der Waals surface area contributed by atoms with Gasteiger partial charge in [-0.1, -0.05) is 12.1 Å². The molecule has 0 aromatic heterocycles. The molecule has 0 N–H and O–H groups in total. The normalized spacial score (nSPS) is 28.6. The van der Waals surface area contributed by atoms with Gasteiger partial charge >= 0.3 is 19.2 Å². The zero-order valence-corrected chi connectivity index (χ0v) is 26.2. The molecule has 5 aliphatic heterocycles. The quantitative estimate of drug-likeness (QED) is 0.492. The predicted octanol–water partition coefficient (Wildman–Crippen LogP) is 3.64. The van der Waals surface area contributed by atoms with E-state index in [1.54, 1.807) is 4.90 Å². The molecular weight excluding hydrogens is 537 g/mol. The summed E-state index contributed by atoms with van der Waals surface area (Å²) >= 11 is 0. The highest BCUT2D eigenvalue weighted by Gasteiger charge is 2.52. The highest BCUT2D eigenvalue weighted by Crippen LogP contribution is 2.39. The summed E-state index contributed by atoms with van der Waals surface area (Å²) in [6, 6.07) is 4.29. The van der Waals surface area contributed by atoms with E-state index in [-0.39, 0.29) is 30.2 Å². The van der Waals surface area contributed by atoms with Crippen LogP contribution >= 0.6 is 0 Å². The molecule has 5 aliphatic rings. The molecule has 1 aromatic rings. The van der Waals surface area contributed by atoms with Crippen LogP contribution in [0, 0.1) is 0 Å². The smallest absolute Gasteiger partial charge is 0.444 e. The van der Waals surface area contributed by atoms with Crippen molar-refractivity contribution in [2.45, 2.75) is 109 Å². The fourth-order valence-electron chi connectivity index (χ4n) is 6.80. The molecular formula is C31H46BN3O7. The lowest BCUT2D eigenvalue weighted by atomic mass is 9.74. The number of carbonyl (C=O) groups is 2. The number of rotatable bonds is 2. The molecule has 3 atom stereocenters. The third kappa shape index (κ3) is 5.42. The minimum Gasteiger partial charge on any atom is -0.444 e. The van der Waals surface area contributed by atoms with E-state index < -0.39 is 23.9 Å². The van der Waals surface area contributed by atoms with E-state index in [0.717, 1.165) is 35.0 Å². The number of nitrogens with zero attached hydrogens (tertiary/aromatic N) is 3. The second kappa shape index (κ2) is 10.7. The minimum atomic E-state index is -0.620. The van der Waals surface area contributed by atoms with E-state index in [1.165, 1.54) is 0 Å². The molecule has 3 amide bonds. The molecule has 10 nitrogen and oxygen atoms in total. The molecule has 5 heterocycles. The third-order valence-corrected chi connectivity index (χ3v) is 9.77. The lowest BCUT2D eigenvalue weighted by Crippen LogP contribution is -2.55. The van der Waals surface area contributed by atoms with E-state index in [9.17, 15) is 9.59 Å². The second-order valence-corrected chi connectivity index (χ2v) is 14.4. The van der Waals surface area contributed by atoms with E-state index in [1.807, 2.05) is 53.4 Å². The van der Waals surface area contributed by atoms with Crippen molar-refractivity contribution in [2.24, 2.45) is 0 Å². The van der Waals surface area contributed by atoms with Crippen molar-refractivity contribution in [3.05, 3.63) is 28.8 Å². The van der Waals surface area contributed by atoms with Gasteiger partial charge < -0.3 is 33.3 Å². The standard InChI is InChI=1S/C31H46BN3O7/c1-29(2,3)40-28(37)34-12-13-38-19-26(34)24-15-21(32-41-30(4,5)31(6,7)42-32)14-20-10-11-33(16-25(20)24)27(36)35-22-8-9-23(35)18-39-17-22/h14-15,22-23,26H,8-13,16-19H2,1-7H3/t22?,23?,26-/m0/s1. The molecule has 2 bridgehead atoms. The van der Waals surface area contributed by atoms with E-state index in [2.05, 4.69) is 17.0 Å². The largest absolute Gasteiger partial charge is 0.494 e. The average Bonchev–Trinajstić information content (AvgIpc) is 3.30. The number of amides is 3. The predicted molar refractivity (Wildman–Crippen MR) is 158 cm³/mol. The first-order chi connectivity index (χ1) is 19.7. The maximum Gasteiger partial charge on any atom is 0.494 e. The average molecular weight is 584 g/mol. The number of carbonyl (C=O) groups excluding carboxylic acids is 2. The van der Waals surface area contributed by atoms with Crippen molar-refractivity contribution in [1.82, 2.24) is 14.7 Å². The lowest BCUT2D eigenvalue weighted by molar-refractivity contribution is -0.0335. The number of hydrogen-bond donors (Lipinski definition) is 0. The summed E-state index contributed by atoms with van der Waals surface area (Å²) in [5, 5.41) is 0. The van der Waals surface area contributed by atoms with E-state index in [4.69, 9.17) is 23.5 Å². The van der Waals surface area contributed by atoms with Crippen LogP contribution in [0.25, 0.3) is 0 Å². The SMILES string of the molecule is CC(C)(C)OC(=O)N1CCOC[C@H]1c1cc(B2OC(C)(C)C(C)(C)O2)cc2c1CN(C(=O)N1C3CCC1COC3)CC2. The van der Waals surface area contributed by atoms with Gasteiger partial charge in [-0.05, 0) is 89.9 Å². The highest BCUT2D eigenvalue weighted by molar-refractivity contribution is 6.62. The second-order valence-electron chi connectivity index (χ2n) is 14.4. The third-order valence-electron chi connectivity index (χ3n) is 9.77. The molecule has 4 saturated heterocycles. The van der Waals surface area contributed by atoms with Gasteiger partial charge in [-0.25, -0.2) is 9.59 Å². The van der Waals surface area contributed by atoms with Crippen LogP contribution in [0.2, 0.25) is 0 Å². The van der Waals surface area contributed by atoms with Gasteiger partial charge in [0.05, 0.1) is 55.8 Å². The zero-order chi connectivity index (χ0) is 30.0. The van der Waals surface area contributed by atoms with Crippen molar-refractivity contribution in [2.75, 3.05) is 39.5 Å². The molecule has 2 unspecified atom stereocenters. The van der Waals surface area contributed by atoms with E-state index in [0.29, 0.717) is 52.5 Å². The summed E-state index contributed by atoms with van der Waals surface area (Å²) in [6.07, 6.45) is 2.34. The maximum atomic E-state index is 13.9. The van der Waals surface area contributed by atoms with Gasteiger partial charge in [-0.15, -0.1) is 0 Å². The maximum absolute atomic E-state index is 13.9. The van der Waals surface area contributed by atoms with Gasteiger partial charge in [0.1, 0.15) is 5.60 Å². The molecule has 0 saturated carbocycles. The molecule has 230 valence electrons. The summed E-state index contributed by atoms with van der Waals surface area (Å²) in [6.45, 7) is 17.4. The topological polar surface area (TPSA) is 90.0 Å². The molecule has 0 radical (unpaired) electrons. The fourth-order valence-corrected chi connectivity index (χ4v) is 6.80. The first kappa shape index (κ1) is 29.7. The number of urea groups is 1. The highest BCUT2D eigenvalue weighted by atomic mass is 16.7. The van der Waals surface area contributed by atoms with Crippen LogP contribution in [-0.2, 0) is 36.5 Å². The van der Waals surface area contributed by atoms with Crippen LogP contribution in [0.5, 0.6) is 0 Å². The zero-order valence-electron chi connectivity index (χ0n) is 26.2. The molecule has 42 heavy (non-hydrogen) atoms. The van der Waals surface area contributed by atoms with Crippen LogP contribution in [0.4, 0.5) is 9.59 Å². The van der Waals surface area contributed by atoms with Crippen molar-refractivity contribution in [3.63, 3.8) is 0 Å². The van der Waals surface area contributed by atoms with E-state index >= 15 is 0 Å². The molecule has 0 spiro atoms. The number of ether oxygens (including phenoxy) is 3. The molecule has 11 heteroatoms. The van der Waals surface area contributed by atoms with Crippen molar-refractivity contribution in [3.8, 4) is 0 Å². The van der Waals surface area contributed by atoms with Gasteiger partial charge in [-0.3, -0.25) is 4.90 Å².